The molecule has 0 bridgehead atoms. The third-order valence-electron chi connectivity index (χ3n) is 5.27. The first-order valence-electron chi connectivity index (χ1n) is 10.2. The minimum atomic E-state index is -0.0644. The molecule has 156 valence electrons. The molecule has 1 aliphatic rings. The van der Waals surface area contributed by atoms with Gasteiger partial charge in [-0.3, -0.25) is 14.5 Å². The van der Waals surface area contributed by atoms with Gasteiger partial charge in [0, 0.05) is 36.6 Å². The number of hydrogen-bond donors (Lipinski definition) is 1. The highest BCUT2D eigenvalue weighted by atomic mass is 32.2. The summed E-state index contributed by atoms with van der Waals surface area (Å²) in [4.78, 5) is 30.5. The summed E-state index contributed by atoms with van der Waals surface area (Å²) in [7, 11) is 0. The molecule has 2 aromatic rings. The number of rotatable bonds is 9. The summed E-state index contributed by atoms with van der Waals surface area (Å²) < 4.78 is 0. The summed E-state index contributed by atoms with van der Waals surface area (Å²) in [6.07, 6.45) is 0.457. The zero-order valence-electron chi connectivity index (χ0n) is 17.1. The second-order valence-corrected chi connectivity index (χ2v) is 8.88. The molecule has 29 heavy (non-hydrogen) atoms. The maximum atomic E-state index is 12.7. The zero-order valence-corrected chi connectivity index (χ0v) is 18.7. The summed E-state index contributed by atoms with van der Waals surface area (Å²) in [5.41, 5.74) is 2.20. The first-order chi connectivity index (χ1) is 14.1. The van der Waals surface area contributed by atoms with Crippen molar-refractivity contribution in [1.82, 2.24) is 10.2 Å². The molecule has 0 radical (unpaired) electrons. The van der Waals surface area contributed by atoms with Crippen LogP contribution in [0.3, 0.4) is 0 Å². The van der Waals surface area contributed by atoms with Crippen molar-refractivity contribution >= 4 is 40.6 Å². The molecule has 0 saturated heterocycles. The van der Waals surface area contributed by atoms with Crippen molar-refractivity contribution in [3.63, 3.8) is 0 Å². The van der Waals surface area contributed by atoms with Gasteiger partial charge in [0.1, 0.15) is 0 Å². The number of hydrogen-bond acceptors (Lipinski definition) is 5. The first-order valence-corrected chi connectivity index (χ1v) is 12.1. The molecule has 5 nitrogen and oxygen atoms in total. The van der Waals surface area contributed by atoms with Crippen LogP contribution in [0.2, 0.25) is 0 Å². The molecule has 7 heteroatoms. The standard InChI is InChI=1S/C22H29N3O2S2/c1-3-24(4-2)19(17-11-13-28-16-17)15-23-21(26)9-10-22(27)25-12-14-29-20-8-6-5-7-18(20)25/h5-8,11,13,16,19H,3-4,9-10,12,14-15H2,1-2H3,(H,23,26). The lowest BCUT2D eigenvalue weighted by Gasteiger charge is -2.30. The van der Waals surface area contributed by atoms with Crippen molar-refractivity contribution in [3.05, 3.63) is 46.7 Å². The van der Waals surface area contributed by atoms with Gasteiger partial charge in [-0.15, -0.1) is 11.8 Å². The maximum Gasteiger partial charge on any atom is 0.227 e. The van der Waals surface area contributed by atoms with E-state index in [2.05, 4.69) is 40.9 Å². The van der Waals surface area contributed by atoms with Crippen molar-refractivity contribution in [1.29, 1.82) is 0 Å². The molecule has 1 unspecified atom stereocenters. The van der Waals surface area contributed by atoms with Crippen LogP contribution in [0.15, 0.2) is 46.0 Å². The van der Waals surface area contributed by atoms with Gasteiger partial charge in [0.25, 0.3) is 0 Å². The van der Waals surface area contributed by atoms with E-state index in [1.54, 1.807) is 23.1 Å². The van der Waals surface area contributed by atoms with Gasteiger partial charge in [-0.1, -0.05) is 26.0 Å². The molecule has 0 aliphatic carbocycles. The predicted octanol–water partition coefficient (Wildman–Crippen LogP) is 4.17. The number of carbonyl (C=O) groups is 2. The molecule has 1 N–H and O–H groups in total. The van der Waals surface area contributed by atoms with Crippen molar-refractivity contribution in [2.24, 2.45) is 0 Å². The number of anilines is 1. The van der Waals surface area contributed by atoms with E-state index in [0.29, 0.717) is 13.1 Å². The van der Waals surface area contributed by atoms with Crippen LogP contribution >= 0.6 is 23.1 Å². The molecule has 1 aliphatic heterocycles. The van der Waals surface area contributed by atoms with Crippen LogP contribution in [0.4, 0.5) is 5.69 Å². The Labute approximate surface area is 181 Å². The predicted molar refractivity (Wildman–Crippen MR) is 122 cm³/mol. The van der Waals surface area contributed by atoms with E-state index in [4.69, 9.17) is 0 Å². The number of nitrogens with zero attached hydrogens (tertiary/aromatic N) is 2. The first kappa shape index (κ1) is 21.9. The van der Waals surface area contributed by atoms with E-state index in [9.17, 15) is 9.59 Å². The average Bonchev–Trinajstić information content (AvgIpc) is 3.29. The van der Waals surface area contributed by atoms with Crippen molar-refractivity contribution in [2.75, 3.05) is 36.8 Å². The highest BCUT2D eigenvalue weighted by Gasteiger charge is 2.23. The number of thiophene rings is 1. The van der Waals surface area contributed by atoms with Gasteiger partial charge in [0.05, 0.1) is 11.7 Å². The van der Waals surface area contributed by atoms with Gasteiger partial charge in [0.2, 0.25) is 11.8 Å². The Morgan fingerprint density at radius 1 is 1.17 bits per heavy atom. The molecule has 3 rings (SSSR count). The fourth-order valence-corrected chi connectivity index (χ4v) is 5.37. The Morgan fingerprint density at radius 2 is 1.97 bits per heavy atom. The van der Waals surface area contributed by atoms with Crippen molar-refractivity contribution < 1.29 is 9.59 Å². The Hall–Kier alpha value is -1.83. The fourth-order valence-electron chi connectivity index (χ4n) is 3.67. The van der Waals surface area contributed by atoms with Crippen LogP contribution in [0.25, 0.3) is 0 Å². The van der Waals surface area contributed by atoms with Gasteiger partial charge >= 0.3 is 0 Å². The van der Waals surface area contributed by atoms with Crippen molar-refractivity contribution in [3.8, 4) is 0 Å². The largest absolute Gasteiger partial charge is 0.354 e. The highest BCUT2D eigenvalue weighted by molar-refractivity contribution is 7.99. The lowest BCUT2D eigenvalue weighted by Crippen LogP contribution is -2.39. The van der Waals surface area contributed by atoms with Crippen LogP contribution in [-0.2, 0) is 9.59 Å². The lowest BCUT2D eigenvalue weighted by molar-refractivity contribution is -0.125. The molecule has 0 spiro atoms. The maximum absolute atomic E-state index is 12.7. The third-order valence-corrected chi connectivity index (χ3v) is 7.01. The van der Waals surface area contributed by atoms with E-state index in [0.717, 1.165) is 29.4 Å². The molecular formula is C22H29N3O2S2. The monoisotopic (exact) mass is 431 g/mol. The summed E-state index contributed by atoms with van der Waals surface area (Å²) >= 11 is 3.45. The lowest BCUT2D eigenvalue weighted by atomic mass is 10.1. The summed E-state index contributed by atoms with van der Waals surface area (Å²) in [6, 6.07) is 10.3. The van der Waals surface area contributed by atoms with E-state index in [1.165, 1.54) is 5.56 Å². The normalized spacial score (nSPS) is 14.5. The number of fused-ring (bicyclic) bond motifs is 1. The van der Waals surface area contributed by atoms with Crippen LogP contribution in [-0.4, -0.2) is 48.6 Å². The molecule has 1 atom stereocenters. The summed E-state index contributed by atoms with van der Waals surface area (Å²) in [6.45, 7) is 7.39. The number of para-hydroxylation sites is 1. The minimum Gasteiger partial charge on any atom is -0.354 e. The summed E-state index contributed by atoms with van der Waals surface area (Å²) in [5.74, 6) is 0.845. The van der Waals surface area contributed by atoms with Gasteiger partial charge < -0.3 is 10.2 Å². The summed E-state index contributed by atoms with van der Waals surface area (Å²) in [5, 5.41) is 7.26. The van der Waals surface area contributed by atoms with Crippen LogP contribution < -0.4 is 10.2 Å². The number of likely N-dealkylation sites (N-methyl/N-ethyl adjacent to an activating group) is 1. The van der Waals surface area contributed by atoms with Crippen LogP contribution in [0.5, 0.6) is 0 Å². The van der Waals surface area contributed by atoms with Crippen molar-refractivity contribution in [2.45, 2.75) is 37.6 Å². The molecule has 0 saturated carbocycles. The molecule has 2 heterocycles. The fraction of sp³-hybridized carbons (Fsp3) is 0.455. The Kier molecular flexibility index (Phi) is 8.15. The number of thioether (sulfide) groups is 1. The smallest absolute Gasteiger partial charge is 0.227 e. The Morgan fingerprint density at radius 3 is 2.69 bits per heavy atom. The Balaban J connectivity index is 1.52. The molecule has 1 aromatic heterocycles. The van der Waals surface area contributed by atoms with E-state index < -0.39 is 0 Å². The molecular weight excluding hydrogens is 402 g/mol. The second kappa shape index (κ2) is 10.8. The number of carbonyl (C=O) groups excluding carboxylic acids is 2. The highest BCUT2D eigenvalue weighted by Crippen LogP contribution is 2.34. The van der Waals surface area contributed by atoms with Gasteiger partial charge in [-0.2, -0.15) is 11.3 Å². The van der Waals surface area contributed by atoms with Crippen LogP contribution in [0.1, 0.15) is 38.3 Å². The molecule has 0 fully saturated rings. The Bertz CT molecular complexity index is 806. The topological polar surface area (TPSA) is 52.7 Å². The van der Waals surface area contributed by atoms with Gasteiger partial charge in [-0.25, -0.2) is 0 Å². The van der Waals surface area contributed by atoms with E-state index in [1.807, 2.05) is 29.2 Å². The molecule has 2 amide bonds. The number of nitrogens with one attached hydrogen (secondary N) is 1. The average molecular weight is 432 g/mol. The van der Waals surface area contributed by atoms with Gasteiger partial charge in [0.15, 0.2) is 0 Å². The van der Waals surface area contributed by atoms with E-state index in [-0.39, 0.29) is 30.7 Å². The quantitative estimate of drug-likeness (QED) is 0.648. The van der Waals surface area contributed by atoms with E-state index >= 15 is 0 Å². The number of amides is 2. The molecule has 1 aromatic carbocycles. The zero-order chi connectivity index (χ0) is 20.6. The number of benzene rings is 1. The second-order valence-electron chi connectivity index (χ2n) is 6.96. The third kappa shape index (κ3) is 5.62. The minimum absolute atomic E-state index is 0.0195. The SMILES string of the molecule is CCN(CC)C(CNC(=O)CCC(=O)N1CCSc2ccccc21)c1ccsc1. The van der Waals surface area contributed by atoms with Gasteiger partial charge in [-0.05, 0) is 47.6 Å². The van der Waals surface area contributed by atoms with Crippen LogP contribution in [0, 0.1) is 0 Å².